The number of likely N-dealkylation sites (tertiary alicyclic amines) is 1. The Hall–Kier alpha value is -2.23. The molecule has 1 saturated heterocycles. The Balaban J connectivity index is 1.54. The molecule has 1 saturated carbocycles. The van der Waals surface area contributed by atoms with Gasteiger partial charge in [-0.25, -0.2) is 13.2 Å². The first kappa shape index (κ1) is 22.9. The molecule has 32 heavy (non-hydrogen) atoms. The van der Waals surface area contributed by atoms with Crippen molar-refractivity contribution in [1.29, 1.82) is 5.26 Å². The molecule has 2 fully saturated rings. The van der Waals surface area contributed by atoms with Gasteiger partial charge in [-0.2, -0.15) is 10.3 Å². The topological polar surface area (TPSA) is 39.4 Å². The molecule has 168 valence electrons. The molecule has 3 nitrogen and oxygen atoms in total. The van der Waals surface area contributed by atoms with Crippen molar-refractivity contribution in [1.82, 2.24) is 4.90 Å². The Labute approximate surface area is 195 Å². The van der Waals surface area contributed by atoms with Crippen LogP contribution in [0, 0.1) is 23.2 Å². The molecule has 2 aromatic carbocycles. The van der Waals surface area contributed by atoms with Gasteiger partial charge >= 0.3 is 0 Å². The number of amidine groups is 1. The van der Waals surface area contributed by atoms with Gasteiger partial charge in [0.1, 0.15) is 11.7 Å². The SMILES string of the molecule is N#CN=C1C(Cc2c(Cl)cc(-c3ccc(F)cc3)cc2Cl)CCN1C1CCC(F)(F)CC1. The monoisotopic (exact) mass is 479 g/mol. The fraction of sp³-hybridized carbons (Fsp3) is 0.417. The highest BCUT2D eigenvalue weighted by atomic mass is 35.5. The summed E-state index contributed by atoms with van der Waals surface area (Å²) < 4.78 is 40.4. The molecule has 0 aromatic heterocycles. The van der Waals surface area contributed by atoms with Gasteiger partial charge in [0, 0.05) is 41.4 Å². The number of alkyl halides is 2. The minimum Gasteiger partial charge on any atom is -0.356 e. The Morgan fingerprint density at radius 3 is 2.25 bits per heavy atom. The second-order valence-electron chi connectivity index (χ2n) is 8.47. The predicted octanol–water partition coefficient (Wildman–Crippen LogP) is 7.12. The van der Waals surface area contributed by atoms with Crippen molar-refractivity contribution >= 4 is 29.0 Å². The van der Waals surface area contributed by atoms with E-state index in [1.54, 1.807) is 24.3 Å². The lowest BCUT2D eigenvalue weighted by Crippen LogP contribution is -2.42. The van der Waals surface area contributed by atoms with Crippen molar-refractivity contribution < 1.29 is 13.2 Å². The molecule has 1 atom stereocenters. The molecule has 1 unspecified atom stereocenters. The number of hydrogen-bond donors (Lipinski definition) is 0. The minimum atomic E-state index is -2.60. The summed E-state index contributed by atoms with van der Waals surface area (Å²) in [7, 11) is 0. The van der Waals surface area contributed by atoms with Crippen LogP contribution in [0.5, 0.6) is 0 Å². The number of nitriles is 1. The molecular weight excluding hydrogens is 458 g/mol. The number of benzene rings is 2. The van der Waals surface area contributed by atoms with E-state index in [-0.39, 0.29) is 30.6 Å². The van der Waals surface area contributed by atoms with Gasteiger partial charge in [0.15, 0.2) is 0 Å². The number of aliphatic imine (C=N–C) groups is 1. The number of rotatable bonds is 4. The van der Waals surface area contributed by atoms with Gasteiger partial charge in [-0.3, -0.25) is 0 Å². The van der Waals surface area contributed by atoms with Crippen LogP contribution in [0.25, 0.3) is 11.1 Å². The number of halogens is 5. The minimum absolute atomic E-state index is 0.0291. The van der Waals surface area contributed by atoms with Crippen LogP contribution in [0.4, 0.5) is 13.2 Å². The van der Waals surface area contributed by atoms with Crippen molar-refractivity contribution in [3.05, 3.63) is 57.8 Å². The molecular formula is C24H22Cl2F3N3. The first-order chi connectivity index (χ1) is 15.3. The summed E-state index contributed by atoms with van der Waals surface area (Å²) in [6, 6.07) is 9.65. The maximum atomic E-state index is 13.6. The Kier molecular flexibility index (Phi) is 6.69. The van der Waals surface area contributed by atoms with Gasteiger partial charge in [-0.1, -0.05) is 35.3 Å². The van der Waals surface area contributed by atoms with E-state index in [1.165, 1.54) is 12.1 Å². The van der Waals surface area contributed by atoms with E-state index in [4.69, 9.17) is 23.2 Å². The number of hydrogen-bond acceptors (Lipinski definition) is 2. The summed E-state index contributed by atoms with van der Waals surface area (Å²) in [4.78, 5) is 6.09. The van der Waals surface area contributed by atoms with Gasteiger partial charge in [0.25, 0.3) is 0 Å². The highest BCUT2D eigenvalue weighted by Gasteiger charge is 2.41. The zero-order valence-electron chi connectivity index (χ0n) is 17.3. The molecule has 2 aliphatic rings. The molecule has 1 heterocycles. The standard InChI is InChI=1S/C24H22Cl2F3N3/c25-21-12-17(15-1-3-18(27)4-2-15)13-22(26)20(21)11-16-7-10-32(23(16)31-14-30)19-5-8-24(28,29)9-6-19/h1-4,12-13,16,19H,5-11H2. The van der Waals surface area contributed by atoms with Crippen LogP contribution in [-0.2, 0) is 6.42 Å². The molecule has 0 radical (unpaired) electrons. The van der Waals surface area contributed by atoms with Crippen LogP contribution in [0.3, 0.4) is 0 Å². The van der Waals surface area contributed by atoms with Crippen molar-refractivity contribution in [2.45, 2.75) is 50.5 Å². The van der Waals surface area contributed by atoms with Crippen LogP contribution < -0.4 is 0 Å². The molecule has 2 aromatic rings. The van der Waals surface area contributed by atoms with Crippen molar-refractivity contribution in [3.63, 3.8) is 0 Å². The lowest BCUT2D eigenvalue weighted by Gasteiger charge is -2.36. The molecule has 1 aliphatic heterocycles. The smallest absolute Gasteiger partial charge is 0.248 e. The first-order valence-corrected chi connectivity index (χ1v) is 11.4. The van der Waals surface area contributed by atoms with Crippen LogP contribution in [0.2, 0.25) is 10.0 Å². The highest BCUT2D eigenvalue weighted by Crippen LogP contribution is 2.39. The zero-order chi connectivity index (χ0) is 22.9. The fourth-order valence-electron chi connectivity index (χ4n) is 4.73. The van der Waals surface area contributed by atoms with Crippen molar-refractivity contribution in [3.8, 4) is 17.3 Å². The third kappa shape index (κ3) is 4.89. The van der Waals surface area contributed by atoms with E-state index < -0.39 is 5.92 Å². The Morgan fingerprint density at radius 2 is 1.66 bits per heavy atom. The molecule has 0 spiro atoms. The second kappa shape index (κ2) is 9.33. The normalized spacial score (nSPS) is 22.3. The van der Waals surface area contributed by atoms with E-state index in [9.17, 15) is 18.4 Å². The largest absolute Gasteiger partial charge is 0.356 e. The van der Waals surface area contributed by atoms with Gasteiger partial charge in [-0.15, -0.1) is 0 Å². The van der Waals surface area contributed by atoms with Gasteiger partial charge < -0.3 is 4.90 Å². The summed E-state index contributed by atoms with van der Waals surface area (Å²) >= 11 is 13.2. The Morgan fingerprint density at radius 1 is 1.03 bits per heavy atom. The molecule has 0 amide bonds. The molecule has 4 rings (SSSR count). The van der Waals surface area contributed by atoms with E-state index in [0.717, 1.165) is 23.1 Å². The van der Waals surface area contributed by atoms with Gasteiger partial charge in [0.2, 0.25) is 12.1 Å². The summed E-state index contributed by atoms with van der Waals surface area (Å²) in [5.41, 5.74) is 2.34. The lowest BCUT2D eigenvalue weighted by atomic mass is 9.91. The van der Waals surface area contributed by atoms with E-state index in [2.05, 4.69) is 4.99 Å². The highest BCUT2D eigenvalue weighted by molar-refractivity contribution is 6.36. The second-order valence-corrected chi connectivity index (χ2v) is 9.28. The van der Waals surface area contributed by atoms with Crippen LogP contribution >= 0.6 is 23.2 Å². The summed E-state index contributed by atoms with van der Waals surface area (Å²) in [5, 5.41) is 10.2. The van der Waals surface area contributed by atoms with Gasteiger partial charge in [-0.05, 0) is 66.6 Å². The molecule has 0 bridgehead atoms. The number of nitrogens with zero attached hydrogens (tertiary/aromatic N) is 3. The van der Waals surface area contributed by atoms with Crippen molar-refractivity contribution in [2.75, 3.05) is 6.54 Å². The summed E-state index contributed by atoms with van der Waals surface area (Å²) in [6.07, 6.45) is 3.63. The van der Waals surface area contributed by atoms with Crippen molar-refractivity contribution in [2.24, 2.45) is 10.9 Å². The maximum Gasteiger partial charge on any atom is 0.248 e. The summed E-state index contributed by atoms with van der Waals surface area (Å²) in [6.45, 7) is 0.671. The quantitative estimate of drug-likeness (QED) is 0.437. The van der Waals surface area contributed by atoms with E-state index in [1.807, 2.05) is 11.1 Å². The predicted molar refractivity (Wildman–Crippen MR) is 121 cm³/mol. The molecule has 8 heteroatoms. The fourth-order valence-corrected chi connectivity index (χ4v) is 5.37. The third-order valence-corrected chi connectivity index (χ3v) is 7.11. The summed E-state index contributed by atoms with van der Waals surface area (Å²) in [5.74, 6) is -2.35. The van der Waals surface area contributed by atoms with Crippen LogP contribution in [0.15, 0.2) is 41.4 Å². The average molecular weight is 480 g/mol. The molecule has 0 N–H and O–H groups in total. The lowest BCUT2D eigenvalue weighted by molar-refractivity contribution is -0.0470. The van der Waals surface area contributed by atoms with Gasteiger partial charge in [0.05, 0.1) is 0 Å². The van der Waals surface area contributed by atoms with Crippen LogP contribution in [-0.4, -0.2) is 29.2 Å². The molecule has 1 aliphatic carbocycles. The maximum absolute atomic E-state index is 13.6. The van der Waals surface area contributed by atoms with E-state index >= 15 is 0 Å². The van der Waals surface area contributed by atoms with E-state index in [0.29, 0.717) is 41.7 Å². The zero-order valence-corrected chi connectivity index (χ0v) is 18.8. The Bertz CT molecular complexity index is 1030. The first-order valence-electron chi connectivity index (χ1n) is 10.6. The van der Waals surface area contributed by atoms with Crippen LogP contribution in [0.1, 0.15) is 37.7 Å². The third-order valence-electron chi connectivity index (χ3n) is 6.44. The average Bonchev–Trinajstić information content (AvgIpc) is 3.14.